The molecule has 1 N–H and O–H groups in total. The Balaban J connectivity index is 1.88. The van der Waals surface area contributed by atoms with Gasteiger partial charge in [-0.05, 0) is 24.7 Å². The van der Waals surface area contributed by atoms with Crippen molar-refractivity contribution in [2.75, 3.05) is 32.6 Å². The first-order valence-corrected chi connectivity index (χ1v) is 7.83. The minimum absolute atomic E-state index is 0.594. The maximum Gasteiger partial charge on any atom is 0.230 e. The highest BCUT2D eigenvalue weighted by molar-refractivity contribution is 7.15. The fourth-order valence-corrected chi connectivity index (χ4v) is 3.37. The molecule has 0 atom stereocenters. The standard InChI is InChI=1S/C14H25N3OS/c1-5-6-14(7-8-14)10-15-9-11-12(18-4)16-13(19-11)17(2)3/h15H,5-10H2,1-4H3. The van der Waals surface area contributed by atoms with Crippen LogP contribution >= 0.6 is 11.3 Å². The SMILES string of the molecule is CCCC1(CNCc2sc(N(C)C)nc2OC)CC1. The molecule has 1 heterocycles. The molecule has 5 heteroatoms. The molecule has 2 rings (SSSR count). The van der Waals surface area contributed by atoms with Crippen LogP contribution < -0.4 is 15.0 Å². The molecule has 19 heavy (non-hydrogen) atoms. The highest BCUT2D eigenvalue weighted by atomic mass is 32.1. The van der Waals surface area contributed by atoms with Crippen molar-refractivity contribution in [2.24, 2.45) is 5.41 Å². The van der Waals surface area contributed by atoms with Gasteiger partial charge >= 0.3 is 0 Å². The average Bonchev–Trinajstić information content (AvgIpc) is 3.00. The molecule has 1 aromatic heterocycles. The van der Waals surface area contributed by atoms with Crippen LogP contribution in [0.25, 0.3) is 0 Å². The van der Waals surface area contributed by atoms with E-state index in [1.807, 2.05) is 19.0 Å². The van der Waals surface area contributed by atoms with Crippen molar-refractivity contribution < 1.29 is 4.74 Å². The largest absolute Gasteiger partial charge is 0.480 e. The van der Waals surface area contributed by atoms with E-state index in [1.165, 1.54) is 30.6 Å². The second kappa shape index (κ2) is 6.09. The first-order chi connectivity index (χ1) is 9.10. The molecular formula is C14H25N3OS. The molecule has 0 unspecified atom stereocenters. The van der Waals surface area contributed by atoms with Crippen molar-refractivity contribution >= 4 is 16.5 Å². The van der Waals surface area contributed by atoms with Gasteiger partial charge in [0.15, 0.2) is 5.13 Å². The second-order valence-electron chi connectivity index (χ2n) is 5.68. The molecule has 0 aliphatic heterocycles. The Morgan fingerprint density at radius 1 is 1.42 bits per heavy atom. The lowest BCUT2D eigenvalue weighted by Gasteiger charge is -2.14. The lowest BCUT2D eigenvalue weighted by atomic mass is 10.0. The zero-order chi connectivity index (χ0) is 13.9. The zero-order valence-corrected chi connectivity index (χ0v) is 13.3. The summed E-state index contributed by atoms with van der Waals surface area (Å²) in [5, 5.41) is 4.59. The quantitative estimate of drug-likeness (QED) is 0.796. The number of aromatic nitrogens is 1. The summed E-state index contributed by atoms with van der Waals surface area (Å²) in [5.74, 6) is 0.765. The smallest absolute Gasteiger partial charge is 0.230 e. The third-order valence-corrected chi connectivity index (χ3v) is 4.95. The van der Waals surface area contributed by atoms with Crippen molar-refractivity contribution in [1.82, 2.24) is 10.3 Å². The Kier molecular flexibility index (Phi) is 4.68. The summed E-state index contributed by atoms with van der Waals surface area (Å²) in [6, 6.07) is 0. The molecule has 1 aliphatic rings. The van der Waals surface area contributed by atoms with Gasteiger partial charge in [0.05, 0.1) is 12.0 Å². The van der Waals surface area contributed by atoms with Crippen molar-refractivity contribution in [3.8, 4) is 5.88 Å². The summed E-state index contributed by atoms with van der Waals surface area (Å²) in [7, 11) is 5.71. The van der Waals surface area contributed by atoms with Gasteiger partial charge in [-0.15, -0.1) is 0 Å². The maximum atomic E-state index is 5.35. The molecule has 1 aromatic rings. The second-order valence-corrected chi connectivity index (χ2v) is 6.74. The van der Waals surface area contributed by atoms with Crippen LogP contribution in [0, 0.1) is 5.41 Å². The molecule has 1 fully saturated rings. The van der Waals surface area contributed by atoms with Gasteiger partial charge in [-0.1, -0.05) is 24.7 Å². The third kappa shape index (κ3) is 3.60. The van der Waals surface area contributed by atoms with Gasteiger partial charge in [-0.3, -0.25) is 0 Å². The van der Waals surface area contributed by atoms with E-state index in [2.05, 4.69) is 17.2 Å². The van der Waals surface area contributed by atoms with E-state index in [4.69, 9.17) is 4.74 Å². The first-order valence-electron chi connectivity index (χ1n) is 7.02. The number of hydrogen-bond donors (Lipinski definition) is 1. The van der Waals surface area contributed by atoms with Crippen LogP contribution in [0.5, 0.6) is 5.88 Å². The number of anilines is 1. The van der Waals surface area contributed by atoms with Crippen LogP contribution in [0.2, 0.25) is 0 Å². The lowest BCUT2D eigenvalue weighted by Crippen LogP contribution is -2.23. The topological polar surface area (TPSA) is 37.4 Å². The van der Waals surface area contributed by atoms with E-state index < -0.39 is 0 Å². The van der Waals surface area contributed by atoms with Gasteiger partial charge in [0.1, 0.15) is 0 Å². The fourth-order valence-electron chi connectivity index (χ4n) is 2.45. The molecule has 1 aliphatic carbocycles. The normalized spacial score (nSPS) is 16.4. The summed E-state index contributed by atoms with van der Waals surface area (Å²) < 4.78 is 5.35. The number of ether oxygens (including phenoxy) is 1. The summed E-state index contributed by atoms with van der Waals surface area (Å²) in [5.41, 5.74) is 0.594. The predicted molar refractivity (Wildman–Crippen MR) is 81.3 cm³/mol. The summed E-state index contributed by atoms with van der Waals surface area (Å²) in [4.78, 5) is 7.69. The molecular weight excluding hydrogens is 258 g/mol. The number of hydrogen-bond acceptors (Lipinski definition) is 5. The third-order valence-electron chi connectivity index (χ3n) is 3.75. The number of nitrogens with zero attached hydrogens (tertiary/aromatic N) is 2. The number of methoxy groups -OCH3 is 1. The van der Waals surface area contributed by atoms with E-state index in [-0.39, 0.29) is 0 Å². The molecule has 4 nitrogen and oxygen atoms in total. The monoisotopic (exact) mass is 283 g/mol. The summed E-state index contributed by atoms with van der Waals surface area (Å²) >= 11 is 1.70. The van der Waals surface area contributed by atoms with Gasteiger partial charge in [0.25, 0.3) is 0 Å². The Labute approximate surface area is 120 Å². The molecule has 0 saturated heterocycles. The van der Waals surface area contributed by atoms with Crippen LogP contribution in [0.4, 0.5) is 5.13 Å². The summed E-state index contributed by atoms with van der Waals surface area (Å²) in [6.07, 6.45) is 5.41. The van der Waals surface area contributed by atoms with Crippen LogP contribution in [0.1, 0.15) is 37.5 Å². The van der Waals surface area contributed by atoms with Crippen molar-refractivity contribution in [3.05, 3.63) is 4.88 Å². The molecule has 0 bridgehead atoms. The van der Waals surface area contributed by atoms with Crippen molar-refractivity contribution in [1.29, 1.82) is 0 Å². The predicted octanol–water partition coefficient (Wildman–Crippen LogP) is 2.89. The van der Waals surface area contributed by atoms with Gasteiger partial charge in [-0.25, -0.2) is 0 Å². The number of nitrogens with one attached hydrogen (secondary N) is 1. The van der Waals surface area contributed by atoms with E-state index in [9.17, 15) is 0 Å². The Bertz CT molecular complexity index is 413. The molecule has 0 amide bonds. The van der Waals surface area contributed by atoms with Crippen LogP contribution in [0.3, 0.4) is 0 Å². The van der Waals surface area contributed by atoms with Gasteiger partial charge in [0, 0.05) is 27.2 Å². The first kappa shape index (κ1) is 14.6. The van der Waals surface area contributed by atoms with Gasteiger partial charge < -0.3 is 15.0 Å². The van der Waals surface area contributed by atoms with E-state index in [1.54, 1.807) is 18.4 Å². The van der Waals surface area contributed by atoms with E-state index in [0.717, 1.165) is 24.1 Å². The Morgan fingerprint density at radius 2 is 2.16 bits per heavy atom. The Hall–Kier alpha value is -0.810. The number of rotatable bonds is 8. The molecule has 0 spiro atoms. The van der Waals surface area contributed by atoms with E-state index >= 15 is 0 Å². The molecule has 108 valence electrons. The van der Waals surface area contributed by atoms with Crippen LogP contribution in [-0.2, 0) is 6.54 Å². The minimum atomic E-state index is 0.594. The maximum absolute atomic E-state index is 5.35. The van der Waals surface area contributed by atoms with Crippen LogP contribution in [-0.4, -0.2) is 32.7 Å². The van der Waals surface area contributed by atoms with Gasteiger partial charge in [-0.2, -0.15) is 4.98 Å². The summed E-state index contributed by atoms with van der Waals surface area (Å²) in [6.45, 7) is 4.26. The highest BCUT2D eigenvalue weighted by Crippen LogP contribution is 2.49. The minimum Gasteiger partial charge on any atom is -0.480 e. The molecule has 0 aromatic carbocycles. The zero-order valence-electron chi connectivity index (χ0n) is 12.5. The van der Waals surface area contributed by atoms with Gasteiger partial charge in [0.2, 0.25) is 5.88 Å². The Morgan fingerprint density at radius 3 is 2.68 bits per heavy atom. The molecule has 1 saturated carbocycles. The average molecular weight is 283 g/mol. The van der Waals surface area contributed by atoms with Crippen molar-refractivity contribution in [3.63, 3.8) is 0 Å². The number of thiazole rings is 1. The van der Waals surface area contributed by atoms with E-state index in [0.29, 0.717) is 5.41 Å². The molecule has 0 radical (unpaired) electrons. The fraction of sp³-hybridized carbons (Fsp3) is 0.786. The lowest BCUT2D eigenvalue weighted by molar-refractivity contribution is 0.389. The van der Waals surface area contributed by atoms with Crippen LogP contribution in [0.15, 0.2) is 0 Å². The highest BCUT2D eigenvalue weighted by Gasteiger charge is 2.40. The van der Waals surface area contributed by atoms with Crippen molar-refractivity contribution in [2.45, 2.75) is 39.2 Å².